The number of guanidine groups is 1. The summed E-state index contributed by atoms with van der Waals surface area (Å²) in [5, 5.41) is 3.06. The van der Waals surface area contributed by atoms with Gasteiger partial charge < -0.3 is 5.32 Å². The summed E-state index contributed by atoms with van der Waals surface area (Å²) in [4.78, 5) is 3.92. The Hall–Kier alpha value is -1.55. The van der Waals surface area contributed by atoms with Crippen LogP contribution in [0.2, 0.25) is 0 Å². The molecule has 0 saturated carbocycles. The summed E-state index contributed by atoms with van der Waals surface area (Å²) in [6, 6.07) is 6.10. The molecule has 0 atom stereocenters. The molecular formula is C10H16N4. The standard InChI is InChI=1S/C10H16N4/c1-7-4-5-9(6-8(7)2)13-10(12-3)14-11/h4-6H,11H2,1-3H3,(H2,12,13,14). The van der Waals surface area contributed by atoms with Crippen molar-refractivity contribution < 1.29 is 0 Å². The first-order valence-electron chi connectivity index (χ1n) is 4.45. The maximum absolute atomic E-state index is 5.26. The first-order valence-corrected chi connectivity index (χ1v) is 4.45. The van der Waals surface area contributed by atoms with Crippen molar-refractivity contribution in [3.8, 4) is 0 Å². The van der Waals surface area contributed by atoms with Crippen LogP contribution in [0.3, 0.4) is 0 Å². The van der Waals surface area contributed by atoms with Gasteiger partial charge in [-0.05, 0) is 37.1 Å². The van der Waals surface area contributed by atoms with Crippen LogP contribution in [0.4, 0.5) is 5.69 Å². The molecule has 0 aromatic heterocycles. The number of hydrogen-bond acceptors (Lipinski definition) is 2. The lowest BCUT2D eigenvalue weighted by atomic mass is 10.1. The highest BCUT2D eigenvalue weighted by atomic mass is 15.3. The van der Waals surface area contributed by atoms with E-state index in [1.165, 1.54) is 11.1 Å². The monoisotopic (exact) mass is 192 g/mol. The van der Waals surface area contributed by atoms with E-state index in [4.69, 9.17) is 5.84 Å². The quantitative estimate of drug-likeness (QED) is 0.271. The van der Waals surface area contributed by atoms with Crippen molar-refractivity contribution in [1.82, 2.24) is 5.43 Å². The van der Waals surface area contributed by atoms with Crippen molar-refractivity contribution in [2.75, 3.05) is 12.4 Å². The third kappa shape index (κ3) is 2.47. The van der Waals surface area contributed by atoms with E-state index in [1.807, 2.05) is 6.07 Å². The number of benzene rings is 1. The second-order valence-corrected chi connectivity index (χ2v) is 3.14. The topological polar surface area (TPSA) is 62.4 Å². The molecule has 0 aliphatic carbocycles. The predicted octanol–water partition coefficient (Wildman–Crippen LogP) is 1.16. The molecule has 0 bridgehead atoms. The van der Waals surface area contributed by atoms with Gasteiger partial charge in [-0.3, -0.25) is 10.4 Å². The number of rotatable bonds is 1. The van der Waals surface area contributed by atoms with Gasteiger partial charge in [0.1, 0.15) is 0 Å². The van der Waals surface area contributed by atoms with Crippen LogP contribution in [0.5, 0.6) is 0 Å². The van der Waals surface area contributed by atoms with Crippen molar-refractivity contribution in [3.63, 3.8) is 0 Å². The lowest BCUT2D eigenvalue weighted by molar-refractivity contribution is 1.01. The first kappa shape index (κ1) is 10.5. The average Bonchev–Trinajstić information content (AvgIpc) is 2.19. The highest BCUT2D eigenvalue weighted by Crippen LogP contribution is 2.13. The summed E-state index contributed by atoms with van der Waals surface area (Å²) in [5.41, 5.74) is 5.96. The van der Waals surface area contributed by atoms with Gasteiger partial charge in [-0.1, -0.05) is 6.07 Å². The molecule has 0 unspecified atom stereocenters. The second kappa shape index (κ2) is 4.62. The molecule has 0 heterocycles. The van der Waals surface area contributed by atoms with E-state index in [1.54, 1.807) is 7.05 Å². The van der Waals surface area contributed by atoms with Crippen LogP contribution in [0.15, 0.2) is 23.2 Å². The summed E-state index contributed by atoms with van der Waals surface area (Å²) in [6.45, 7) is 4.15. The van der Waals surface area contributed by atoms with Crippen LogP contribution >= 0.6 is 0 Å². The molecule has 4 nitrogen and oxygen atoms in total. The molecule has 1 aromatic carbocycles. The van der Waals surface area contributed by atoms with Crippen LogP contribution in [-0.4, -0.2) is 13.0 Å². The lowest BCUT2D eigenvalue weighted by Crippen LogP contribution is -2.36. The van der Waals surface area contributed by atoms with Gasteiger partial charge in [0.2, 0.25) is 5.96 Å². The minimum Gasteiger partial charge on any atom is -0.325 e. The summed E-state index contributed by atoms with van der Waals surface area (Å²) in [7, 11) is 1.67. The van der Waals surface area contributed by atoms with E-state index in [2.05, 4.69) is 41.7 Å². The number of hydrogen-bond donors (Lipinski definition) is 3. The van der Waals surface area contributed by atoms with Gasteiger partial charge in [0.15, 0.2) is 0 Å². The first-order chi connectivity index (χ1) is 6.67. The molecule has 0 aliphatic rings. The zero-order valence-corrected chi connectivity index (χ0v) is 8.76. The molecule has 4 heteroatoms. The van der Waals surface area contributed by atoms with Crippen LogP contribution in [0.1, 0.15) is 11.1 Å². The zero-order valence-electron chi connectivity index (χ0n) is 8.76. The van der Waals surface area contributed by atoms with Gasteiger partial charge in [0, 0.05) is 12.7 Å². The van der Waals surface area contributed by atoms with Gasteiger partial charge in [0.05, 0.1) is 0 Å². The molecule has 76 valence electrons. The van der Waals surface area contributed by atoms with E-state index in [0.29, 0.717) is 5.96 Å². The normalized spacial score (nSPS) is 11.3. The van der Waals surface area contributed by atoms with Crippen molar-refractivity contribution in [2.24, 2.45) is 10.8 Å². The van der Waals surface area contributed by atoms with Crippen molar-refractivity contribution >= 4 is 11.6 Å². The average molecular weight is 192 g/mol. The summed E-state index contributed by atoms with van der Waals surface area (Å²) >= 11 is 0. The number of anilines is 1. The van der Waals surface area contributed by atoms with Gasteiger partial charge in [-0.15, -0.1) is 0 Å². The number of aliphatic imine (C=N–C) groups is 1. The van der Waals surface area contributed by atoms with E-state index in [-0.39, 0.29) is 0 Å². The Balaban J connectivity index is 2.82. The fraction of sp³-hybridized carbons (Fsp3) is 0.300. The Morgan fingerprint density at radius 1 is 1.29 bits per heavy atom. The second-order valence-electron chi connectivity index (χ2n) is 3.14. The minimum absolute atomic E-state index is 0.549. The van der Waals surface area contributed by atoms with Crippen molar-refractivity contribution in [3.05, 3.63) is 29.3 Å². The molecular weight excluding hydrogens is 176 g/mol. The SMILES string of the molecule is CN=C(NN)Nc1ccc(C)c(C)c1. The number of nitrogens with zero attached hydrogens (tertiary/aromatic N) is 1. The van der Waals surface area contributed by atoms with Crippen LogP contribution in [0, 0.1) is 13.8 Å². The van der Waals surface area contributed by atoms with E-state index in [9.17, 15) is 0 Å². The predicted molar refractivity (Wildman–Crippen MR) is 60.2 cm³/mol. The lowest BCUT2D eigenvalue weighted by Gasteiger charge is -2.09. The fourth-order valence-corrected chi connectivity index (χ4v) is 1.11. The fourth-order valence-electron chi connectivity index (χ4n) is 1.11. The van der Waals surface area contributed by atoms with Crippen LogP contribution < -0.4 is 16.6 Å². The highest BCUT2D eigenvalue weighted by Gasteiger charge is 1.98. The van der Waals surface area contributed by atoms with Gasteiger partial charge in [-0.25, -0.2) is 5.84 Å². The van der Waals surface area contributed by atoms with E-state index in [0.717, 1.165) is 5.69 Å². The van der Waals surface area contributed by atoms with Gasteiger partial charge in [-0.2, -0.15) is 0 Å². The number of nitrogens with one attached hydrogen (secondary N) is 2. The summed E-state index contributed by atoms with van der Waals surface area (Å²) in [5.74, 6) is 5.81. The molecule has 0 fully saturated rings. The molecule has 14 heavy (non-hydrogen) atoms. The van der Waals surface area contributed by atoms with Crippen LogP contribution in [-0.2, 0) is 0 Å². The molecule has 0 amide bonds. The third-order valence-corrected chi connectivity index (χ3v) is 2.13. The maximum Gasteiger partial charge on any atom is 0.209 e. The summed E-state index contributed by atoms with van der Waals surface area (Å²) < 4.78 is 0. The number of hydrazine groups is 1. The Morgan fingerprint density at radius 3 is 2.50 bits per heavy atom. The molecule has 0 spiro atoms. The number of aryl methyl sites for hydroxylation is 2. The third-order valence-electron chi connectivity index (χ3n) is 2.13. The Kier molecular flexibility index (Phi) is 3.48. The smallest absolute Gasteiger partial charge is 0.209 e. The van der Waals surface area contributed by atoms with Crippen molar-refractivity contribution in [2.45, 2.75) is 13.8 Å². The van der Waals surface area contributed by atoms with Crippen LogP contribution in [0.25, 0.3) is 0 Å². The Bertz CT molecular complexity index is 344. The number of nitrogens with two attached hydrogens (primary N) is 1. The van der Waals surface area contributed by atoms with Gasteiger partial charge in [0.25, 0.3) is 0 Å². The minimum atomic E-state index is 0.549. The highest BCUT2D eigenvalue weighted by molar-refractivity contribution is 5.93. The van der Waals surface area contributed by atoms with Crippen molar-refractivity contribution in [1.29, 1.82) is 0 Å². The molecule has 1 rings (SSSR count). The Morgan fingerprint density at radius 2 is 2.00 bits per heavy atom. The van der Waals surface area contributed by atoms with E-state index >= 15 is 0 Å². The summed E-state index contributed by atoms with van der Waals surface area (Å²) in [6.07, 6.45) is 0. The Labute approximate surface area is 84.2 Å². The molecule has 4 N–H and O–H groups in total. The molecule has 1 aromatic rings. The molecule has 0 saturated heterocycles. The molecule has 0 aliphatic heterocycles. The van der Waals surface area contributed by atoms with Gasteiger partial charge >= 0.3 is 0 Å². The molecule has 0 radical (unpaired) electrons. The maximum atomic E-state index is 5.26. The zero-order chi connectivity index (χ0) is 10.6. The van der Waals surface area contributed by atoms with E-state index < -0.39 is 0 Å². The largest absolute Gasteiger partial charge is 0.325 e.